The van der Waals surface area contributed by atoms with Gasteiger partial charge >= 0.3 is 5.97 Å². The number of carbonyl (C=O) groups is 1. The molecule has 0 aromatic heterocycles. The minimum Gasteiger partial charge on any atom is -0.465 e. The summed E-state index contributed by atoms with van der Waals surface area (Å²) in [5.41, 5.74) is 1.36. The highest BCUT2D eigenvalue weighted by atomic mass is 32.2. The Kier molecular flexibility index (Phi) is 7.01. The summed E-state index contributed by atoms with van der Waals surface area (Å²) in [7, 11) is 0. The number of ether oxygens (including phenoxy) is 1. The lowest BCUT2D eigenvalue weighted by Gasteiger charge is -2.05. The van der Waals surface area contributed by atoms with Gasteiger partial charge in [-0.25, -0.2) is 4.39 Å². The van der Waals surface area contributed by atoms with Crippen molar-refractivity contribution in [2.45, 2.75) is 12.7 Å². The molecule has 1 aromatic rings. The van der Waals surface area contributed by atoms with Crippen molar-refractivity contribution < 1.29 is 19.0 Å². The summed E-state index contributed by atoms with van der Waals surface area (Å²) < 4.78 is 17.9. The average molecular weight is 282 g/mol. The fourth-order valence-electron chi connectivity index (χ4n) is 1.37. The van der Waals surface area contributed by atoms with Gasteiger partial charge in [0.2, 0.25) is 0 Å². The van der Waals surface area contributed by atoms with Gasteiger partial charge in [0.05, 0.1) is 12.4 Å². The average Bonchev–Trinajstić information content (AvgIpc) is 2.39. The second-order valence-electron chi connectivity index (χ2n) is 3.56. The van der Waals surface area contributed by atoms with Gasteiger partial charge in [0, 0.05) is 11.3 Å². The Balaban J connectivity index is 2.64. The largest absolute Gasteiger partial charge is 0.465 e. The molecule has 1 aromatic carbocycles. The van der Waals surface area contributed by atoms with Crippen molar-refractivity contribution in [3.8, 4) is 11.8 Å². The number of aliphatic hydroxyl groups excluding tert-OH is 1. The van der Waals surface area contributed by atoms with E-state index in [2.05, 4.69) is 11.8 Å². The van der Waals surface area contributed by atoms with E-state index in [1.807, 2.05) is 0 Å². The number of thioether (sulfide) groups is 1. The molecule has 0 unspecified atom stereocenters. The molecule has 0 saturated carbocycles. The molecule has 1 N–H and O–H groups in total. The van der Waals surface area contributed by atoms with Crippen molar-refractivity contribution in [1.82, 2.24) is 0 Å². The number of esters is 1. The summed E-state index contributed by atoms with van der Waals surface area (Å²) in [6, 6.07) is 4.31. The predicted molar refractivity (Wildman–Crippen MR) is 73.2 cm³/mol. The van der Waals surface area contributed by atoms with Gasteiger partial charge in [0.25, 0.3) is 0 Å². The van der Waals surface area contributed by atoms with Crippen LogP contribution in [0.3, 0.4) is 0 Å². The fraction of sp³-hybridized carbons (Fsp3) is 0.357. The molecule has 0 heterocycles. The third kappa shape index (κ3) is 5.77. The van der Waals surface area contributed by atoms with Crippen LogP contribution in [0.5, 0.6) is 0 Å². The second kappa shape index (κ2) is 8.57. The molecule has 19 heavy (non-hydrogen) atoms. The first-order valence-electron chi connectivity index (χ1n) is 5.79. The standard InChI is InChI=1S/C14H15FO3S/c1-2-18-14(17)10-19-9-12-5-6-13(15)8-11(12)4-3-7-16/h5-6,8,16H,2,7,9-10H2,1H3. The van der Waals surface area contributed by atoms with Crippen molar-refractivity contribution in [3.05, 3.63) is 35.1 Å². The van der Waals surface area contributed by atoms with Crippen LogP contribution in [-0.4, -0.2) is 30.0 Å². The van der Waals surface area contributed by atoms with Crippen molar-refractivity contribution in [1.29, 1.82) is 0 Å². The summed E-state index contributed by atoms with van der Waals surface area (Å²) in [4.78, 5) is 11.2. The zero-order valence-electron chi connectivity index (χ0n) is 10.6. The number of aliphatic hydroxyl groups is 1. The zero-order valence-corrected chi connectivity index (χ0v) is 11.4. The number of halogens is 1. The minimum absolute atomic E-state index is 0.248. The predicted octanol–water partition coefficient (Wildman–Crippen LogP) is 1.97. The van der Waals surface area contributed by atoms with E-state index >= 15 is 0 Å². The van der Waals surface area contributed by atoms with E-state index < -0.39 is 0 Å². The highest BCUT2D eigenvalue weighted by molar-refractivity contribution is 7.99. The molecule has 1 rings (SSSR count). The van der Waals surface area contributed by atoms with Gasteiger partial charge in [-0.1, -0.05) is 17.9 Å². The Morgan fingerprint density at radius 1 is 1.53 bits per heavy atom. The Labute approximate surface area is 116 Å². The van der Waals surface area contributed by atoms with Gasteiger partial charge in [0.15, 0.2) is 0 Å². The zero-order chi connectivity index (χ0) is 14.1. The van der Waals surface area contributed by atoms with Crippen LogP contribution < -0.4 is 0 Å². The second-order valence-corrected chi connectivity index (χ2v) is 4.54. The molecule has 0 amide bonds. The first kappa shape index (κ1) is 15.5. The number of benzene rings is 1. The van der Waals surface area contributed by atoms with Crippen molar-refractivity contribution in [2.75, 3.05) is 19.0 Å². The maximum Gasteiger partial charge on any atom is 0.315 e. The Hall–Kier alpha value is -1.51. The van der Waals surface area contributed by atoms with E-state index in [4.69, 9.17) is 9.84 Å². The smallest absolute Gasteiger partial charge is 0.315 e. The van der Waals surface area contributed by atoms with Crippen LogP contribution in [0.15, 0.2) is 18.2 Å². The summed E-state index contributed by atoms with van der Waals surface area (Å²) >= 11 is 1.38. The molecule has 0 bridgehead atoms. The quantitative estimate of drug-likeness (QED) is 0.662. The molecule has 0 aliphatic carbocycles. The maximum absolute atomic E-state index is 13.1. The molecule has 5 heteroatoms. The van der Waals surface area contributed by atoms with Gasteiger partial charge in [-0.15, -0.1) is 11.8 Å². The van der Waals surface area contributed by atoms with Crippen LogP contribution in [-0.2, 0) is 15.3 Å². The molecule has 0 aliphatic rings. The summed E-state index contributed by atoms with van der Waals surface area (Å²) in [6.07, 6.45) is 0. The molecular weight excluding hydrogens is 267 g/mol. The molecule has 0 atom stereocenters. The molecule has 0 fully saturated rings. The van der Waals surface area contributed by atoms with E-state index in [-0.39, 0.29) is 24.1 Å². The Bertz CT molecular complexity index is 491. The van der Waals surface area contributed by atoms with Crippen LogP contribution in [0.2, 0.25) is 0 Å². The van der Waals surface area contributed by atoms with Crippen LogP contribution in [0.4, 0.5) is 4.39 Å². The summed E-state index contributed by atoms with van der Waals surface area (Å²) in [5, 5.41) is 8.66. The fourth-order valence-corrected chi connectivity index (χ4v) is 2.20. The third-order valence-corrected chi connectivity index (χ3v) is 3.11. The van der Waals surface area contributed by atoms with Crippen LogP contribution >= 0.6 is 11.8 Å². The van der Waals surface area contributed by atoms with Gasteiger partial charge < -0.3 is 9.84 Å². The van der Waals surface area contributed by atoms with Crippen molar-refractivity contribution in [2.24, 2.45) is 0 Å². The summed E-state index contributed by atoms with van der Waals surface area (Å²) in [6.45, 7) is 1.85. The lowest BCUT2D eigenvalue weighted by atomic mass is 10.1. The van der Waals surface area contributed by atoms with Crippen molar-refractivity contribution in [3.63, 3.8) is 0 Å². The van der Waals surface area contributed by atoms with Gasteiger partial charge in [-0.2, -0.15) is 0 Å². The highest BCUT2D eigenvalue weighted by Gasteiger charge is 2.05. The number of hydrogen-bond donors (Lipinski definition) is 1. The van der Waals surface area contributed by atoms with E-state index in [0.717, 1.165) is 5.56 Å². The first-order valence-corrected chi connectivity index (χ1v) is 6.94. The van der Waals surface area contributed by atoms with Gasteiger partial charge in [-0.3, -0.25) is 4.79 Å². The van der Waals surface area contributed by atoms with Crippen LogP contribution in [0, 0.1) is 17.7 Å². The lowest BCUT2D eigenvalue weighted by molar-refractivity contribution is -0.139. The number of carbonyl (C=O) groups excluding carboxylic acids is 1. The minimum atomic E-state index is -0.374. The first-order chi connectivity index (χ1) is 9.17. The monoisotopic (exact) mass is 282 g/mol. The number of rotatable bonds is 5. The van der Waals surface area contributed by atoms with Crippen LogP contribution in [0.1, 0.15) is 18.1 Å². The Morgan fingerprint density at radius 3 is 3.00 bits per heavy atom. The van der Waals surface area contributed by atoms with Crippen molar-refractivity contribution >= 4 is 17.7 Å². The molecule has 3 nitrogen and oxygen atoms in total. The number of hydrogen-bond acceptors (Lipinski definition) is 4. The lowest BCUT2D eigenvalue weighted by Crippen LogP contribution is -2.06. The molecule has 0 radical (unpaired) electrons. The molecule has 102 valence electrons. The SMILES string of the molecule is CCOC(=O)CSCc1ccc(F)cc1C#CCO. The van der Waals surface area contributed by atoms with E-state index in [0.29, 0.717) is 17.9 Å². The Morgan fingerprint density at radius 2 is 2.32 bits per heavy atom. The molecule has 0 saturated heterocycles. The van der Waals surface area contributed by atoms with E-state index in [1.54, 1.807) is 13.0 Å². The van der Waals surface area contributed by atoms with E-state index in [1.165, 1.54) is 23.9 Å². The molecule has 0 aliphatic heterocycles. The van der Waals surface area contributed by atoms with Crippen LogP contribution in [0.25, 0.3) is 0 Å². The van der Waals surface area contributed by atoms with Gasteiger partial charge in [-0.05, 0) is 24.6 Å². The third-order valence-electron chi connectivity index (χ3n) is 2.16. The molecule has 0 spiro atoms. The van der Waals surface area contributed by atoms with Gasteiger partial charge in [0.1, 0.15) is 12.4 Å². The topological polar surface area (TPSA) is 46.5 Å². The summed E-state index contributed by atoms with van der Waals surface area (Å²) in [5.74, 6) is 5.33. The van der Waals surface area contributed by atoms with E-state index in [9.17, 15) is 9.18 Å². The molecular formula is C14H15FO3S. The normalized spacial score (nSPS) is 9.63. The highest BCUT2D eigenvalue weighted by Crippen LogP contribution is 2.17. The maximum atomic E-state index is 13.1.